The molecular formula is C10H22N2. The molecule has 0 atom stereocenters. The van der Waals surface area contributed by atoms with Crippen LogP contribution in [0.3, 0.4) is 0 Å². The molecule has 0 bridgehead atoms. The van der Waals surface area contributed by atoms with Crippen molar-refractivity contribution in [1.29, 1.82) is 0 Å². The van der Waals surface area contributed by atoms with E-state index in [1.807, 2.05) is 0 Å². The second-order valence-corrected chi connectivity index (χ2v) is 3.85. The van der Waals surface area contributed by atoms with Crippen molar-refractivity contribution in [2.45, 2.75) is 26.2 Å². The largest absolute Gasteiger partial charge is 0.305 e. The Kier molecular flexibility index (Phi) is 4.62. The molecule has 0 aliphatic carbocycles. The lowest BCUT2D eigenvalue weighted by atomic mass is 10.3. The van der Waals surface area contributed by atoms with Gasteiger partial charge in [0.2, 0.25) is 0 Å². The first-order valence-corrected chi connectivity index (χ1v) is 5.24. The summed E-state index contributed by atoms with van der Waals surface area (Å²) in [5.41, 5.74) is 0. The lowest BCUT2D eigenvalue weighted by Crippen LogP contribution is -2.29. The average molecular weight is 170 g/mol. The van der Waals surface area contributed by atoms with Gasteiger partial charge in [-0.25, -0.2) is 0 Å². The Morgan fingerprint density at radius 1 is 1.08 bits per heavy atom. The SMILES string of the molecule is CCCCN1CCCN(C)CC1. The van der Waals surface area contributed by atoms with E-state index in [0.717, 1.165) is 0 Å². The molecule has 0 aromatic rings. The van der Waals surface area contributed by atoms with E-state index in [-0.39, 0.29) is 0 Å². The maximum absolute atomic E-state index is 2.60. The molecule has 2 heteroatoms. The number of hydrogen-bond acceptors (Lipinski definition) is 2. The van der Waals surface area contributed by atoms with Crippen molar-refractivity contribution in [2.75, 3.05) is 39.8 Å². The lowest BCUT2D eigenvalue weighted by Gasteiger charge is -2.19. The maximum Gasteiger partial charge on any atom is 0.0109 e. The molecule has 0 amide bonds. The Labute approximate surface area is 76.5 Å². The van der Waals surface area contributed by atoms with Crippen molar-refractivity contribution in [2.24, 2.45) is 0 Å². The summed E-state index contributed by atoms with van der Waals surface area (Å²) in [4.78, 5) is 5.04. The average Bonchev–Trinajstić information content (AvgIpc) is 2.27. The van der Waals surface area contributed by atoms with Gasteiger partial charge in [0.1, 0.15) is 0 Å². The molecule has 0 unspecified atom stereocenters. The summed E-state index contributed by atoms with van der Waals surface area (Å²) in [6.07, 6.45) is 4.04. The van der Waals surface area contributed by atoms with E-state index in [2.05, 4.69) is 23.8 Å². The summed E-state index contributed by atoms with van der Waals surface area (Å²) >= 11 is 0. The quantitative estimate of drug-likeness (QED) is 0.632. The van der Waals surface area contributed by atoms with Gasteiger partial charge in [-0.2, -0.15) is 0 Å². The first-order valence-electron chi connectivity index (χ1n) is 5.24. The van der Waals surface area contributed by atoms with Crippen molar-refractivity contribution >= 4 is 0 Å². The molecule has 1 aliphatic heterocycles. The summed E-state index contributed by atoms with van der Waals surface area (Å²) < 4.78 is 0. The molecule has 0 aromatic heterocycles. The molecular weight excluding hydrogens is 148 g/mol. The zero-order valence-corrected chi connectivity index (χ0v) is 8.55. The molecule has 1 rings (SSSR count). The highest BCUT2D eigenvalue weighted by Gasteiger charge is 2.10. The number of rotatable bonds is 3. The van der Waals surface area contributed by atoms with Crippen LogP contribution in [0.2, 0.25) is 0 Å². The number of nitrogens with zero attached hydrogens (tertiary/aromatic N) is 2. The van der Waals surface area contributed by atoms with Gasteiger partial charge in [-0.05, 0) is 39.5 Å². The minimum Gasteiger partial charge on any atom is -0.305 e. The maximum atomic E-state index is 2.60. The summed E-state index contributed by atoms with van der Waals surface area (Å²) in [6.45, 7) is 8.70. The summed E-state index contributed by atoms with van der Waals surface area (Å²) in [6, 6.07) is 0. The van der Waals surface area contributed by atoms with E-state index in [4.69, 9.17) is 0 Å². The Morgan fingerprint density at radius 2 is 1.92 bits per heavy atom. The van der Waals surface area contributed by atoms with E-state index in [0.29, 0.717) is 0 Å². The lowest BCUT2D eigenvalue weighted by molar-refractivity contribution is 0.273. The third-order valence-corrected chi connectivity index (χ3v) is 2.64. The topological polar surface area (TPSA) is 6.48 Å². The molecule has 0 N–H and O–H groups in total. The van der Waals surface area contributed by atoms with Gasteiger partial charge in [-0.1, -0.05) is 13.3 Å². The van der Waals surface area contributed by atoms with Crippen LogP contribution in [0.1, 0.15) is 26.2 Å². The van der Waals surface area contributed by atoms with Crippen molar-refractivity contribution in [1.82, 2.24) is 9.80 Å². The zero-order valence-electron chi connectivity index (χ0n) is 8.55. The molecule has 12 heavy (non-hydrogen) atoms. The van der Waals surface area contributed by atoms with Gasteiger partial charge in [0, 0.05) is 13.1 Å². The van der Waals surface area contributed by atoms with E-state index in [1.54, 1.807) is 0 Å². The fourth-order valence-electron chi connectivity index (χ4n) is 1.71. The Bertz CT molecular complexity index is 112. The monoisotopic (exact) mass is 170 g/mol. The molecule has 1 fully saturated rings. The molecule has 0 radical (unpaired) electrons. The summed E-state index contributed by atoms with van der Waals surface area (Å²) in [5, 5.41) is 0. The Balaban J connectivity index is 2.17. The standard InChI is InChI=1S/C10H22N2/c1-3-4-7-12-8-5-6-11(2)9-10-12/h3-10H2,1-2H3. The fourth-order valence-corrected chi connectivity index (χ4v) is 1.71. The molecule has 1 saturated heterocycles. The van der Waals surface area contributed by atoms with E-state index in [9.17, 15) is 0 Å². The Morgan fingerprint density at radius 3 is 2.67 bits per heavy atom. The van der Waals surface area contributed by atoms with Crippen LogP contribution in [0.5, 0.6) is 0 Å². The molecule has 0 spiro atoms. The van der Waals surface area contributed by atoms with Crippen molar-refractivity contribution in [3.8, 4) is 0 Å². The van der Waals surface area contributed by atoms with Crippen LogP contribution >= 0.6 is 0 Å². The Hall–Kier alpha value is -0.0800. The highest BCUT2D eigenvalue weighted by atomic mass is 15.2. The highest BCUT2D eigenvalue weighted by molar-refractivity contribution is 4.66. The molecule has 1 aliphatic rings. The number of unbranched alkanes of at least 4 members (excludes halogenated alkanes) is 1. The highest BCUT2D eigenvalue weighted by Crippen LogP contribution is 2.02. The number of likely N-dealkylation sites (N-methyl/N-ethyl adjacent to an activating group) is 1. The molecule has 0 saturated carbocycles. The smallest absolute Gasteiger partial charge is 0.0109 e. The molecule has 72 valence electrons. The van der Waals surface area contributed by atoms with E-state index < -0.39 is 0 Å². The van der Waals surface area contributed by atoms with Gasteiger partial charge in [-0.3, -0.25) is 0 Å². The first kappa shape index (κ1) is 10.0. The third-order valence-electron chi connectivity index (χ3n) is 2.64. The summed E-state index contributed by atoms with van der Waals surface area (Å²) in [5.74, 6) is 0. The zero-order chi connectivity index (χ0) is 8.81. The van der Waals surface area contributed by atoms with Gasteiger partial charge in [0.05, 0.1) is 0 Å². The van der Waals surface area contributed by atoms with Gasteiger partial charge in [-0.15, -0.1) is 0 Å². The minimum absolute atomic E-state index is 1.25. The molecule has 1 heterocycles. The van der Waals surface area contributed by atoms with Gasteiger partial charge >= 0.3 is 0 Å². The van der Waals surface area contributed by atoms with Crippen molar-refractivity contribution < 1.29 is 0 Å². The van der Waals surface area contributed by atoms with Crippen LogP contribution in [-0.4, -0.2) is 49.6 Å². The van der Waals surface area contributed by atoms with Gasteiger partial charge in [0.15, 0.2) is 0 Å². The summed E-state index contributed by atoms with van der Waals surface area (Å²) in [7, 11) is 2.23. The third kappa shape index (κ3) is 3.55. The van der Waals surface area contributed by atoms with E-state index >= 15 is 0 Å². The second-order valence-electron chi connectivity index (χ2n) is 3.85. The number of hydrogen-bond donors (Lipinski definition) is 0. The van der Waals surface area contributed by atoms with Crippen molar-refractivity contribution in [3.63, 3.8) is 0 Å². The predicted octanol–water partition coefficient (Wildman–Crippen LogP) is 1.42. The minimum atomic E-state index is 1.25. The van der Waals surface area contributed by atoms with Crippen LogP contribution in [0, 0.1) is 0 Å². The van der Waals surface area contributed by atoms with Crippen LogP contribution in [0.4, 0.5) is 0 Å². The van der Waals surface area contributed by atoms with Gasteiger partial charge < -0.3 is 9.80 Å². The normalized spacial score (nSPS) is 22.5. The predicted molar refractivity (Wildman–Crippen MR) is 53.5 cm³/mol. The van der Waals surface area contributed by atoms with E-state index in [1.165, 1.54) is 52.0 Å². The molecule has 2 nitrogen and oxygen atoms in total. The van der Waals surface area contributed by atoms with Crippen LogP contribution in [0.15, 0.2) is 0 Å². The van der Waals surface area contributed by atoms with Crippen molar-refractivity contribution in [3.05, 3.63) is 0 Å². The van der Waals surface area contributed by atoms with Crippen LogP contribution in [-0.2, 0) is 0 Å². The first-order chi connectivity index (χ1) is 5.83. The fraction of sp³-hybridized carbons (Fsp3) is 1.00. The van der Waals surface area contributed by atoms with Crippen LogP contribution < -0.4 is 0 Å². The second kappa shape index (κ2) is 5.55. The van der Waals surface area contributed by atoms with Gasteiger partial charge in [0.25, 0.3) is 0 Å². The van der Waals surface area contributed by atoms with Crippen LogP contribution in [0.25, 0.3) is 0 Å². The molecule has 0 aromatic carbocycles.